The monoisotopic (exact) mass is 362 g/mol. The van der Waals surface area contributed by atoms with E-state index in [1.807, 2.05) is 6.07 Å². The van der Waals surface area contributed by atoms with Gasteiger partial charge in [0.15, 0.2) is 0 Å². The molecule has 0 aromatic heterocycles. The van der Waals surface area contributed by atoms with Crippen LogP contribution in [0.15, 0.2) is 48.5 Å². The smallest absolute Gasteiger partial charge is 0.124 e. The fraction of sp³-hybridized carbons (Fsp3) is 0.176. The van der Waals surface area contributed by atoms with E-state index < -0.39 is 0 Å². The molecule has 0 atom stereocenters. The van der Waals surface area contributed by atoms with Gasteiger partial charge in [0.25, 0.3) is 0 Å². The Bertz CT molecular complexity index is 602. The summed E-state index contributed by atoms with van der Waals surface area (Å²) in [5.41, 5.74) is 5.09. The van der Waals surface area contributed by atoms with E-state index in [1.54, 1.807) is 0 Å². The van der Waals surface area contributed by atoms with Crippen LogP contribution in [0.5, 0.6) is 5.75 Å². The SMILES string of the molecule is ICCOc1cc(-c2ccccc2)cc2c1CC=C2. The molecule has 1 aliphatic rings. The van der Waals surface area contributed by atoms with E-state index in [0.29, 0.717) is 0 Å². The summed E-state index contributed by atoms with van der Waals surface area (Å²) in [6.07, 6.45) is 5.38. The number of rotatable bonds is 4. The van der Waals surface area contributed by atoms with Gasteiger partial charge in [-0.2, -0.15) is 0 Å². The third kappa shape index (κ3) is 2.68. The zero-order valence-corrected chi connectivity index (χ0v) is 12.8. The van der Waals surface area contributed by atoms with Gasteiger partial charge in [-0.1, -0.05) is 65.1 Å². The molecular formula is C17H15IO. The molecule has 1 nitrogen and oxygen atoms in total. The van der Waals surface area contributed by atoms with Crippen LogP contribution in [-0.4, -0.2) is 11.0 Å². The van der Waals surface area contributed by atoms with Crippen LogP contribution < -0.4 is 4.74 Å². The maximum Gasteiger partial charge on any atom is 0.124 e. The normalized spacial score (nSPS) is 12.5. The van der Waals surface area contributed by atoms with Crippen molar-refractivity contribution in [3.8, 4) is 16.9 Å². The lowest BCUT2D eigenvalue weighted by atomic mass is 9.99. The molecule has 0 unspecified atom stereocenters. The second-order valence-electron chi connectivity index (χ2n) is 4.55. The number of fused-ring (bicyclic) bond motifs is 1. The van der Waals surface area contributed by atoms with Crippen molar-refractivity contribution in [1.82, 2.24) is 0 Å². The molecule has 0 aliphatic heterocycles. The first kappa shape index (κ1) is 12.7. The summed E-state index contributed by atoms with van der Waals surface area (Å²) < 4.78 is 6.92. The van der Waals surface area contributed by atoms with E-state index in [-0.39, 0.29) is 0 Å². The first-order valence-corrected chi connectivity index (χ1v) is 7.98. The summed E-state index contributed by atoms with van der Waals surface area (Å²) >= 11 is 2.34. The molecule has 0 amide bonds. The van der Waals surface area contributed by atoms with Crippen LogP contribution in [0.1, 0.15) is 11.1 Å². The number of hydrogen-bond donors (Lipinski definition) is 0. The van der Waals surface area contributed by atoms with Crippen LogP contribution in [0.3, 0.4) is 0 Å². The van der Waals surface area contributed by atoms with Crippen molar-refractivity contribution >= 4 is 28.7 Å². The van der Waals surface area contributed by atoms with Gasteiger partial charge in [-0.3, -0.25) is 0 Å². The summed E-state index contributed by atoms with van der Waals surface area (Å²) in [6, 6.07) is 14.9. The van der Waals surface area contributed by atoms with Gasteiger partial charge >= 0.3 is 0 Å². The number of allylic oxidation sites excluding steroid dienone is 1. The predicted octanol–water partition coefficient (Wildman–Crippen LogP) is 4.74. The van der Waals surface area contributed by atoms with Gasteiger partial charge in [0.05, 0.1) is 6.61 Å². The Balaban J connectivity index is 2.04. The van der Waals surface area contributed by atoms with Gasteiger partial charge in [0.1, 0.15) is 5.75 Å². The van der Waals surface area contributed by atoms with E-state index in [1.165, 1.54) is 22.3 Å². The maximum atomic E-state index is 5.91. The van der Waals surface area contributed by atoms with Crippen molar-refractivity contribution in [3.63, 3.8) is 0 Å². The molecular weight excluding hydrogens is 347 g/mol. The van der Waals surface area contributed by atoms with E-state index in [2.05, 4.69) is 71.1 Å². The second-order valence-corrected chi connectivity index (χ2v) is 5.63. The average molecular weight is 362 g/mol. The van der Waals surface area contributed by atoms with Crippen molar-refractivity contribution in [2.75, 3.05) is 11.0 Å². The minimum Gasteiger partial charge on any atom is -0.492 e. The Hall–Kier alpha value is -1.29. The van der Waals surface area contributed by atoms with Gasteiger partial charge in [-0.25, -0.2) is 0 Å². The van der Waals surface area contributed by atoms with Gasteiger partial charge in [-0.05, 0) is 35.2 Å². The molecule has 3 rings (SSSR count). The molecule has 0 spiro atoms. The molecule has 2 aromatic rings. The van der Waals surface area contributed by atoms with Gasteiger partial charge in [0.2, 0.25) is 0 Å². The molecule has 0 bridgehead atoms. The van der Waals surface area contributed by atoms with Crippen LogP contribution in [0.25, 0.3) is 17.2 Å². The molecule has 0 saturated heterocycles. The molecule has 2 aromatic carbocycles. The van der Waals surface area contributed by atoms with Crippen LogP contribution in [0.2, 0.25) is 0 Å². The first-order chi connectivity index (χ1) is 9.38. The van der Waals surface area contributed by atoms with Crippen molar-refractivity contribution in [3.05, 3.63) is 59.7 Å². The largest absolute Gasteiger partial charge is 0.492 e. The number of benzene rings is 2. The van der Waals surface area contributed by atoms with Gasteiger partial charge in [-0.15, -0.1) is 0 Å². The van der Waals surface area contributed by atoms with Crippen LogP contribution >= 0.6 is 22.6 Å². The molecule has 1 aliphatic carbocycles. The third-order valence-electron chi connectivity index (χ3n) is 3.30. The van der Waals surface area contributed by atoms with E-state index >= 15 is 0 Å². The number of ether oxygens (including phenoxy) is 1. The van der Waals surface area contributed by atoms with E-state index in [0.717, 1.165) is 23.2 Å². The zero-order valence-electron chi connectivity index (χ0n) is 10.6. The Kier molecular flexibility index (Phi) is 3.87. The Morgan fingerprint density at radius 1 is 1.05 bits per heavy atom. The van der Waals surface area contributed by atoms with Gasteiger partial charge in [0, 0.05) is 9.99 Å². The van der Waals surface area contributed by atoms with Crippen LogP contribution in [0.4, 0.5) is 0 Å². The highest BCUT2D eigenvalue weighted by Crippen LogP contribution is 2.34. The Morgan fingerprint density at radius 3 is 2.68 bits per heavy atom. The van der Waals surface area contributed by atoms with Crippen molar-refractivity contribution in [2.45, 2.75) is 6.42 Å². The third-order valence-corrected chi connectivity index (χ3v) is 3.75. The quantitative estimate of drug-likeness (QED) is 0.564. The lowest BCUT2D eigenvalue weighted by Crippen LogP contribution is -2.01. The lowest BCUT2D eigenvalue weighted by molar-refractivity contribution is 0.343. The van der Waals surface area contributed by atoms with Crippen molar-refractivity contribution < 1.29 is 4.74 Å². The first-order valence-electron chi connectivity index (χ1n) is 6.46. The highest BCUT2D eigenvalue weighted by molar-refractivity contribution is 14.1. The van der Waals surface area contributed by atoms with Gasteiger partial charge < -0.3 is 4.74 Å². The summed E-state index contributed by atoms with van der Waals surface area (Å²) in [7, 11) is 0. The molecule has 96 valence electrons. The summed E-state index contributed by atoms with van der Waals surface area (Å²) in [4.78, 5) is 0. The number of alkyl halides is 1. The summed E-state index contributed by atoms with van der Waals surface area (Å²) in [5, 5.41) is 0. The number of halogens is 1. The fourth-order valence-corrected chi connectivity index (χ4v) is 2.63. The molecule has 2 heteroatoms. The summed E-state index contributed by atoms with van der Waals surface area (Å²) in [5.74, 6) is 1.04. The van der Waals surface area contributed by atoms with Crippen molar-refractivity contribution in [2.24, 2.45) is 0 Å². The van der Waals surface area contributed by atoms with Crippen molar-refractivity contribution in [1.29, 1.82) is 0 Å². The molecule has 19 heavy (non-hydrogen) atoms. The molecule has 0 radical (unpaired) electrons. The predicted molar refractivity (Wildman–Crippen MR) is 89.0 cm³/mol. The highest BCUT2D eigenvalue weighted by atomic mass is 127. The topological polar surface area (TPSA) is 9.23 Å². The Morgan fingerprint density at radius 2 is 1.89 bits per heavy atom. The maximum absolute atomic E-state index is 5.91. The standard InChI is InChI=1S/C17H15IO/c18-9-10-19-17-12-15(13-5-2-1-3-6-13)11-14-7-4-8-16(14)17/h1-7,11-12H,8-10H2. The molecule has 0 N–H and O–H groups in total. The van der Waals surface area contributed by atoms with Crippen LogP contribution in [-0.2, 0) is 6.42 Å². The zero-order chi connectivity index (χ0) is 13.1. The highest BCUT2D eigenvalue weighted by Gasteiger charge is 2.14. The average Bonchev–Trinajstić information content (AvgIpc) is 2.94. The minimum absolute atomic E-state index is 0.769. The second kappa shape index (κ2) is 5.78. The van der Waals surface area contributed by atoms with E-state index in [4.69, 9.17) is 4.74 Å². The summed E-state index contributed by atoms with van der Waals surface area (Å²) in [6.45, 7) is 0.769. The Labute approximate surface area is 127 Å². The van der Waals surface area contributed by atoms with E-state index in [9.17, 15) is 0 Å². The molecule has 0 heterocycles. The van der Waals surface area contributed by atoms with Crippen LogP contribution in [0, 0.1) is 0 Å². The molecule has 0 saturated carbocycles. The fourth-order valence-electron chi connectivity index (χ4n) is 2.41. The molecule has 0 fully saturated rings. The lowest BCUT2D eigenvalue weighted by Gasteiger charge is -2.13. The minimum atomic E-state index is 0.769. The number of hydrogen-bond acceptors (Lipinski definition) is 1.